The summed E-state index contributed by atoms with van der Waals surface area (Å²) in [5.74, 6) is -2.12. The van der Waals surface area contributed by atoms with Crippen molar-refractivity contribution in [2.75, 3.05) is 13.1 Å². The standard InChI is InChI=1S/C23H27F2N7O2/c24-19-13-32(12-16-5-6-18(31-20(16)25)15-3-1-2-4-15)10-8-23(19,7-9-26)30-11-17(22(28)34)21(27)29-14-33/h3,5-6,11,14,19,30H,1-2,4,7-8,10,12-13H2,(H2,28,34)(H2,27,29,33)/b17-11+. The third-order valence-electron chi connectivity index (χ3n) is 6.22. The van der Waals surface area contributed by atoms with Gasteiger partial charge < -0.3 is 16.4 Å². The number of amides is 2. The number of halogens is 2. The highest BCUT2D eigenvalue weighted by molar-refractivity contribution is 6.20. The van der Waals surface area contributed by atoms with Gasteiger partial charge in [-0.05, 0) is 37.3 Å². The van der Waals surface area contributed by atoms with Gasteiger partial charge >= 0.3 is 0 Å². The van der Waals surface area contributed by atoms with E-state index in [1.54, 1.807) is 17.0 Å². The van der Waals surface area contributed by atoms with Crippen molar-refractivity contribution in [3.05, 3.63) is 47.2 Å². The Labute approximate surface area is 196 Å². The molecule has 0 radical (unpaired) electrons. The molecule has 0 spiro atoms. The molecule has 34 heavy (non-hydrogen) atoms. The first-order valence-electron chi connectivity index (χ1n) is 10.9. The number of hydrogen-bond acceptors (Lipinski definition) is 7. The van der Waals surface area contributed by atoms with Gasteiger partial charge in [0.15, 0.2) is 0 Å². The molecule has 1 aliphatic heterocycles. The molecule has 2 atom stereocenters. The second-order valence-electron chi connectivity index (χ2n) is 8.42. The molecule has 2 amide bonds. The number of amidine groups is 1. The number of primary amides is 1. The van der Waals surface area contributed by atoms with Gasteiger partial charge in [-0.3, -0.25) is 19.9 Å². The van der Waals surface area contributed by atoms with Crippen LogP contribution in [0.2, 0.25) is 0 Å². The molecule has 1 aromatic rings. The number of nitrogens with one attached hydrogen (secondary N) is 3. The van der Waals surface area contributed by atoms with E-state index in [-0.39, 0.29) is 37.9 Å². The Morgan fingerprint density at radius 3 is 2.85 bits per heavy atom. The van der Waals surface area contributed by atoms with E-state index in [0.29, 0.717) is 17.8 Å². The Balaban J connectivity index is 1.70. The molecule has 5 N–H and O–H groups in total. The minimum atomic E-state index is -1.54. The fraction of sp³-hybridized carbons (Fsp3) is 0.435. The van der Waals surface area contributed by atoms with E-state index in [1.807, 2.05) is 11.4 Å². The van der Waals surface area contributed by atoms with Crippen LogP contribution in [0.1, 0.15) is 43.4 Å². The normalized spacial score (nSPS) is 23.0. The van der Waals surface area contributed by atoms with Gasteiger partial charge in [0, 0.05) is 31.4 Å². The van der Waals surface area contributed by atoms with Crippen LogP contribution in [0.15, 0.2) is 30.0 Å². The van der Waals surface area contributed by atoms with E-state index in [1.165, 1.54) is 0 Å². The van der Waals surface area contributed by atoms with Gasteiger partial charge in [-0.1, -0.05) is 12.1 Å². The van der Waals surface area contributed by atoms with E-state index in [0.717, 1.165) is 31.0 Å². The molecular weight excluding hydrogens is 444 g/mol. The molecule has 2 heterocycles. The molecule has 3 rings (SSSR count). The highest BCUT2D eigenvalue weighted by Crippen LogP contribution is 2.31. The molecular formula is C23H27F2N7O2. The van der Waals surface area contributed by atoms with Crippen molar-refractivity contribution in [1.29, 1.82) is 10.7 Å². The highest BCUT2D eigenvalue weighted by atomic mass is 19.1. The predicted molar refractivity (Wildman–Crippen MR) is 121 cm³/mol. The molecule has 11 heteroatoms. The van der Waals surface area contributed by atoms with Gasteiger partial charge in [-0.25, -0.2) is 9.37 Å². The number of nitrogens with two attached hydrogens (primary N) is 1. The zero-order valence-electron chi connectivity index (χ0n) is 18.6. The zero-order chi connectivity index (χ0) is 24.7. The van der Waals surface area contributed by atoms with Crippen LogP contribution in [0.25, 0.3) is 5.57 Å². The lowest BCUT2D eigenvalue weighted by molar-refractivity contribution is -0.114. The van der Waals surface area contributed by atoms with Gasteiger partial charge in [-0.15, -0.1) is 0 Å². The summed E-state index contributed by atoms with van der Waals surface area (Å²) in [6.45, 7) is 0.438. The number of alkyl halides is 1. The fourth-order valence-electron chi connectivity index (χ4n) is 4.23. The van der Waals surface area contributed by atoms with E-state index >= 15 is 4.39 Å². The Morgan fingerprint density at radius 2 is 2.26 bits per heavy atom. The van der Waals surface area contributed by atoms with Crippen molar-refractivity contribution in [3.63, 3.8) is 0 Å². The SMILES string of the molecule is N#CCC1(N/C=C(\C(=N)NC=O)C(N)=O)CCN(Cc2ccc(C3=CCCC3)nc2F)CC1F. The lowest BCUT2D eigenvalue weighted by atomic mass is 9.83. The van der Waals surface area contributed by atoms with Gasteiger partial charge in [0.1, 0.15) is 12.0 Å². The maximum absolute atomic E-state index is 15.4. The van der Waals surface area contributed by atoms with Crippen LogP contribution in [0.4, 0.5) is 8.78 Å². The van der Waals surface area contributed by atoms with Crippen LogP contribution in [-0.2, 0) is 16.1 Å². The Morgan fingerprint density at radius 1 is 1.47 bits per heavy atom. The molecule has 2 unspecified atom stereocenters. The lowest BCUT2D eigenvalue weighted by Crippen LogP contribution is -2.60. The number of aromatic nitrogens is 1. The number of hydrogen-bond donors (Lipinski definition) is 4. The van der Waals surface area contributed by atoms with E-state index < -0.39 is 29.4 Å². The number of carbonyl (C=O) groups is 2. The van der Waals surface area contributed by atoms with Crippen LogP contribution in [0, 0.1) is 22.7 Å². The lowest BCUT2D eigenvalue weighted by Gasteiger charge is -2.43. The quantitative estimate of drug-likeness (QED) is 0.142. The molecule has 0 bridgehead atoms. The minimum absolute atomic E-state index is 0.0786. The third kappa shape index (κ3) is 5.63. The number of nitriles is 1. The predicted octanol–water partition coefficient (Wildman–Crippen LogP) is 1.67. The maximum atomic E-state index is 15.4. The Bertz CT molecular complexity index is 1070. The second-order valence-corrected chi connectivity index (χ2v) is 8.42. The van der Waals surface area contributed by atoms with Crippen molar-refractivity contribution in [3.8, 4) is 6.07 Å². The molecule has 0 saturated carbocycles. The average molecular weight is 472 g/mol. The first-order valence-corrected chi connectivity index (χ1v) is 10.9. The number of nitrogens with zero attached hydrogens (tertiary/aromatic N) is 3. The molecule has 1 saturated heterocycles. The first kappa shape index (κ1) is 25.0. The summed E-state index contributed by atoms with van der Waals surface area (Å²) in [6.07, 6.45) is 4.65. The minimum Gasteiger partial charge on any atom is -0.381 e. The third-order valence-corrected chi connectivity index (χ3v) is 6.22. The number of likely N-dealkylation sites (tertiary alicyclic amines) is 1. The number of rotatable bonds is 9. The van der Waals surface area contributed by atoms with E-state index in [4.69, 9.17) is 11.1 Å². The monoisotopic (exact) mass is 471 g/mol. The first-order chi connectivity index (χ1) is 16.3. The van der Waals surface area contributed by atoms with Crippen LogP contribution < -0.4 is 16.4 Å². The maximum Gasteiger partial charge on any atom is 0.253 e. The van der Waals surface area contributed by atoms with Gasteiger partial charge in [0.25, 0.3) is 5.91 Å². The number of allylic oxidation sites excluding steroid dienone is 2. The van der Waals surface area contributed by atoms with Gasteiger partial charge in [0.2, 0.25) is 12.4 Å². The number of carbonyl (C=O) groups excluding carboxylic acids is 2. The molecule has 1 fully saturated rings. The van der Waals surface area contributed by atoms with Crippen LogP contribution in [0.5, 0.6) is 0 Å². The largest absolute Gasteiger partial charge is 0.381 e. The molecule has 180 valence electrons. The average Bonchev–Trinajstić information content (AvgIpc) is 3.33. The highest BCUT2D eigenvalue weighted by Gasteiger charge is 2.43. The molecule has 1 aliphatic carbocycles. The van der Waals surface area contributed by atoms with E-state index in [9.17, 15) is 19.2 Å². The van der Waals surface area contributed by atoms with Crippen molar-refractivity contribution in [2.45, 2.75) is 50.4 Å². The summed E-state index contributed by atoms with van der Waals surface area (Å²) in [5, 5.41) is 21.7. The van der Waals surface area contributed by atoms with Crippen LogP contribution in [0.3, 0.4) is 0 Å². The summed E-state index contributed by atoms with van der Waals surface area (Å²) in [4.78, 5) is 28.0. The fourth-order valence-corrected chi connectivity index (χ4v) is 4.23. The summed E-state index contributed by atoms with van der Waals surface area (Å²) < 4.78 is 30.0. The summed E-state index contributed by atoms with van der Waals surface area (Å²) in [6, 6.07) is 5.41. The smallest absolute Gasteiger partial charge is 0.253 e. The molecule has 9 nitrogen and oxygen atoms in total. The van der Waals surface area contributed by atoms with Crippen molar-refractivity contribution in [2.24, 2.45) is 5.73 Å². The number of piperidine rings is 1. The molecule has 2 aliphatic rings. The Kier molecular flexibility index (Phi) is 8.07. The zero-order valence-corrected chi connectivity index (χ0v) is 18.6. The van der Waals surface area contributed by atoms with Crippen molar-refractivity contribution < 1.29 is 18.4 Å². The van der Waals surface area contributed by atoms with Crippen molar-refractivity contribution >= 4 is 23.7 Å². The molecule has 0 aromatic carbocycles. The number of pyridine rings is 1. The van der Waals surface area contributed by atoms with Gasteiger partial charge in [-0.2, -0.15) is 9.65 Å². The van der Waals surface area contributed by atoms with E-state index in [2.05, 4.69) is 16.4 Å². The second kappa shape index (κ2) is 11.0. The molecule has 1 aromatic heterocycles. The summed E-state index contributed by atoms with van der Waals surface area (Å²) in [7, 11) is 0. The van der Waals surface area contributed by atoms with Gasteiger partial charge in [0.05, 0.1) is 29.3 Å². The summed E-state index contributed by atoms with van der Waals surface area (Å²) >= 11 is 0. The van der Waals surface area contributed by atoms with Crippen molar-refractivity contribution in [1.82, 2.24) is 20.5 Å². The van der Waals surface area contributed by atoms with Crippen LogP contribution in [-0.4, -0.2) is 52.8 Å². The topological polar surface area (TPSA) is 148 Å². The Hall–Kier alpha value is -3.65. The van der Waals surface area contributed by atoms with Crippen LogP contribution >= 0.6 is 0 Å². The summed E-state index contributed by atoms with van der Waals surface area (Å²) in [5.41, 5.74) is 5.60.